The molecule has 0 aliphatic heterocycles. The lowest BCUT2D eigenvalue weighted by Crippen LogP contribution is -2.25. The first-order valence-corrected chi connectivity index (χ1v) is 5.94. The molecule has 1 nitrogen and oxygen atoms in total. The molecule has 1 heterocycles. The van der Waals surface area contributed by atoms with Gasteiger partial charge in [0, 0.05) is 4.88 Å². The lowest BCUT2D eigenvalue weighted by molar-refractivity contribution is 0.0704. The zero-order valence-corrected chi connectivity index (χ0v) is 8.59. The van der Waals surface area contributed by atoms with Gasteiger partial charge < -0.3 is 5.11 Å². The van der Waals surface area contributed by atoms with Crippen molar-refractivity contribution in [2.45, 2.75) is 38.2 Å². The molecule has 0 amide bonds. The molecule has 1 aliphatic carbocycles. The molecule has 2 atom stereocenters. The summed E-state index contributed by atoms with van der Waals surface area (Å²) in [7, 11) is 0. The molecule has 0 spiro atoms. The van der Waals surface area contributed by atoms with Gasteiger partial charge in [-0.2, -0.15) is 0 Å². The summed E-state index contributed by atoms with van der Waals surface area (Å²) < 4.78 is 0. The average Bonchev–Trinajstić information content (AvgIpc) is 2.61. The topological polar surface area (TPSA) is 20.2 Å². The van der Waals surface area contributed by atoms with Crippen molar-refractivity contribution in [3.63, 3.8) is 0 Å². The Morgan fingerprint density at radius 1 is 1.38 bits per heavy atom. The Morgan fingerprint density at radius 3 is 2.92 bits per heavy atom. The molecule has 0 bridgehead atoms. The number of thiophene rings is 1. The highest BCUT2D eigenvalue weighted by molar-refractivity contribution is 7.09. The molecular weight excluding hydrogens is 180 g/mol. The van der Waals surface area contributed by atoms with Crippen LogP contribution in [0.4, 0.5) is 0 Å². The van der Waals surface area contributed by atoms with Crippen molar-refractivity contribution in [2.75, 3.05) is 0 Å². The van der Waals surface area contributed by atoms with Crippen LogP contribution in [0.25, 0.3) is 0 Å². The third-order valence-corrected chi connectivity index (χ3v) is 3.81. The van der Waals surface area contributed by atoms with E-state index < -0.39 is 0 Å². The summed E-state index contributed by atoms with van der Waals surface area (Å²) in [5.74, 6) is 0.521. The van der Waals surface area contributed by atoms with E-state index in [1.54, 1.807) is 0 Å². The Hall–Kier alpha value is -0.340. The van der Waals surface area contributed by atoms with Crippen LogP contribution in [0.3, 0.4) is 0 Å². The normalized spacial score (nSPS) is 29.0. The van der Waals surface area contributed by atoms with Crippen molar-refractivity contribution in [1.29, 1.82) is 0 Å². The van der Waals surface area contributed by atoms with Crippen LogP contribution in [0.2, 0.25) is 0 Å². The van der Waals surface area contributed by atoms with Gasteiger partial charge in [-0.1, -0.05) is 18.9 Å². The minimum absolute atomic E-state index is 0.0455. The quantitative estimate of drug-likeness (QED) is 0.771. The van der Waals surface area contributed by atoms with E-state index in [1.807, 2.05) is 11.3 Å². The minimum Gasteiger partial charge on any atom is -0.393 e. The fraction of sp³-hybridized carbons (Fsp3) is 0.636. The minimum atomic E-state index is -0.0455. The maximum absolute atomic E-state index is 9.77. The first kappa shape index (κ1) is 9.22. The van der Waals surface area contributed by atoms with Gasteiger partial charge in [0.2, 0.25) is 0 Å². The van der Waals surface area contributed by atoms with Crippen LogP contribution in [0.1, 0.15) is 30.6 Å². The van der Waals surface area contributed by atoms with Crippen LogP contribution in [-0.4, -0.2) is 11.2 Å². The Morgan fingerprint density at radius 2 is 2.23 bits per heavy atom. The predicted molar refractivity (Wildman–Crippen MR) is 56.0 cm³/mol. The van der Waals surface area contributed by atoms with Gasteiger partial charge in [0.05, 0.1) is 6.10 Å². The molecule has 0 radical (unpaired) electrons. The standard InChI is InChI=1S/C11H16OS/c12-11-6-2-1-4-9(11)8-10-5-3-7-13-10/h3,5,7,9,11-12H,1-2,4,6,8H2. The van der Waals surface area contributed by atoms with Crippen LogP contribution in [0, 0.1) is 5.92 Å². The van der Waals surface area contributed by atoms with Gasteiger partial charge in [-0.15, -0.1) is 11.3 Å². The summed E-state index contributed by atoms with van der Waals surface area (Å²) in [6.45, 7) is 0. The number of aliphatic hydroxyl groups is 1. The van der Waals surface area contributed by atoms with Crippen molar-refractivity contribution in [3.05, 3.63) is 22.4 Å². The Balaban J connectivity index is 1.93. The third kappa shape index (κ3) is 2.32. The Bertz CT molecular complexity index is 243. The van der Waals surface area contributed by atoms with E-state index >= 15 is 0 Å². The predicted octanol–water partition coefficient (Wildman–Crippen LogP) is 2.84. The van der Waals surface area contributed by atoms with Gasteiger partial charge in [-0.25, -0.2) is 0 Å². The van der Waals surface area contributed by atoms with E-state index in [1.165, 1.54) is 24.1 Å². The highest BCUT2D eigenvalue weighted by atomic mass is 32.1. The van der Waals surface area contributed by atoms with Gasteiger partial charge in [-0.05, 0) is 36.6 Å². The van der Waals surface area contributed by atoms with E-state index in [9.17, 15) is 5.11 Å². The van der Waals surface area contributed by atoms with Crippen LogP contribution >= 0.6 is 11.3 Å². The lowest BCUT2D eigenvalue weighted by Gasteiger charge is -2.26. The van der Waals surface area contributed by atoms with E-state index in [0.717, 1.165) is 12.8 Å². The number of rotatable bonds is 2. The van der Waals surface area contributed by atoms with Gasteiger partial charge in [0.15, 0.2) is 0 Å². The molecule has 1 aromatic heterocycles. The van der Waals surface area contributed by atoms with Gasteiger partial charge in [-0.3, -0.25) is 0 Å². The molecule has 1 saturated carbocycles. The maximum atomic E-state index is 9.77. The van der Waals surface area contributed by atoms with E-state index in [4.69, 9.17) is 0 Å². The molecule has 1 aromatic rings. The van der Waals surface area contributed by atoms with Crippen LogP contribution in [0.15, 0.2) is 17.5 Å². The molecule has 2 rings (SSSR count). The van der Waals surface area contributed by atoms with Crippen molar-refractivity contribution in [2.24, 2.45) is 5.92 Å². The van der Waals surface area contributed by atoms with Crippen molar-refractivity contribution < 1.29 is 5.11 Å². The molecular formula is C11H16OS. The summed E-state index contributed by atoms with van der Waals surface area (Å²) in [4.78, 5) is 1.42. The molecule has 1 aliphatic rings. The van der Waals surface area contributed by atoms with Crippen LogP contribution < -0.4 is 0 Å². The number of hydrogen-bond acceptors (Lipinski definition) is 2. The zero-order valence-electron chi connectivity index (χ0n) is 7.78. The fourth-order valence-corrected chi connectivity index (χ4v) is 2.91. The van der Waals surface area contributed by atoms with Crippen molar-refractivity contribution in [1.82, 2.24) is 0 Å². The maximum Gasteiger partial charge on any atom is 0.0571 e. The molecule has 0 saturated heterocycles. The number of hydrogen-bond donors (Lipinski definition) is 1. The summed E-state index contributed by atoms with van der Waals surface area (Å²) in [5, 5.41) is 11.9. The smallest absolute Gasteiger partial charge is 0.0571 e. The van der Waals surface area contributed by atoms with Crippen LogP contribution in [0.5, 0.6) is 0 Å². The molecule has 1 N–H and O–H groups in total. The lowest BCUT2D eigenvalue weighted by atomic mass is 9.84. The second kappa shape index (κ2) is 4.25. The van der Waals surface area contributed by atoms with Gasteiger partial charge in [0.1, 0.15) is 0 Å². The van der Waals surface area contributed by atoms with Crippen molar-refractivity contribution in [3.8, 4) is 0 Å². The fourth-order valence-electron chi connectivity index (χ4n) is 2.11. The van der Waals surface area contributed by atoms with E-state index in [0.29, 0.717) is 5.92 Å². The second-order valence-corrected chi connectivity index (χ2v) is 4.93. The highest BCUT2D eigenvalue weighted by Crippen LogP contribution is 2.28. The number of aliphatic hydroxyl groups excluding tert-OH is 1. The molecule has 1 fully saturated rings. The third-order valence-electron chi connectivity index (χ3n) is 2.91. The molecule has 72 valence electrons. The van der Waals surface area contributed by atoms with E-state index in [-0.39, 0.29) is 6.10 Å². The molecule has 2 unspecified atom stereocenters. The van der Waals surface area contributed by atoms with Gasteiger partial charge >= 0.3 is 0 Å². The summed E-state index contributed by atoms with van der Waals surface area (Å²) >= 11 is 1.81. The van der Waals surface area contributed by atoms with Crippen LogP contribution in [-0.2, 0) is 6.42 Å². The molecule has 13 heavy (non-hydrogen) atoms. The Kier molecular flexibility index (Phi) is 3.01. The summed E-state index contributed by atoms with van der Waals surface area (Å²) in [5.41, 5.74) is 0. The molecule has 2 heteroatoms. The van der Waals surface area contributed by atoms with Gasteiger partial charge in [0.25, 0.3) is 0 Å². The largest absolute Gasteiger partial charge is 0.393 e. The summed E-state index contributed by atoms with van der Waals surface area (Å²) in [6, 6.07) is 4.27. The Labute approximate surface area is 83.4 Å². The first-order chi connectivity index (χ1) is 6.36. The molecule has 0 aromatic carbocycles. The van der Waals surface area contributed by atoms with E-state index in [2.05, 4.69) is 17.5 Å². The highest BCUT2D eigenvalue weighted by Gasteiger charge is 2.23. The monoisotopic (exact) mass is 196 g/mol. The first-order valence-electron chi connectivity index (χ1n) is 5.06. The summed E-state index contributed by atoms with van der Waals surface area (Å²) in [6.07, 6.45) is 5.76. The average molecular weight is 196 g/mol. The second-order valence-electron chi connectivity index (χ2n) is 3.90. The SMILES string of the molecule is OC1CCCCC1Cc1cccs1. The van der Waals surface area contributed by atoms with Crippen molar-refractivity contribution >= 4 is 11.3 Å². The zero-order chi connectivity index (χ0) is 9.10.